The quantitative estimate of drug-likeness (QED) is 0.890. The number of hydrogen-bond acceptors (Lipinski definition) is 5. The molecule has 1 unspecified atom stereocenters. The Balaban J connectivity index is 1.82. The molecule has 1 N–H and O–H groups in total. The summed E-state index contributed by atoms with van der Waals surface area (Å²) in [4.78, 5) is 35.9. The van der Waals surface area contributed by atoms with Crippen molar-refractivity contribution in [3.63, 3.8) is 0 Å². The SMILES string of the molecule is CC(=O)NCc1cnc(C)nc1C1CCCN1C(=O)Cc1cccs1. The predicted octanol–water partition coefficient (Wildman–Crippen LogP) is 2.39. The molecule has 2 amide bonds. The average Bonchev–Trinajstić information content (AvgIpc) is 3.24. The second kappa shape index (κ2) is 7.74. The van der Waals surface area contributed by atoms with Gasteiger partial charge in [0.25, 0.3) is 0 Å². The van der Waals surface area contributed by atoms with E-state index < -0.39 is 0 Å². The van der Waals surface area contributed by atoms with E-state index in [-0.39, 0.29) is 17.9 Å². The molecular formula is C18H22N4O2S. The largest absolute Gasteiger partial charge is 0.352 e. The number of thiophene rings is 1. The van der Waals surface area contributed by atoms with Gasteiger partial charge in [-0.25, -0.2) is 9.97 Å². The van der Waals surface area contributed by atoms with Gasteiger partial charge in [0.05, 0.1) is 18.2 Å². The van der Waals surface area contributed by atoms with Gasteiger partial charge < -0.3 is 10.2 Å². The first-order valence-corrected chi connectivity index (χ1v) is 9.31. The Morgan fingerprint density at radius 3 is 3.00 bits per heavy atom. The molecule has 2 aromatic heterocycles. The van der Waals surface area contributed by atoms with E-state index in [2.05, 4.69) is 15.3 Å². The molecule has 7 heteroatoms. The molecule has 1 aliphatic rings. The van der Waals surface area contributed by atoms with Crippen molar-refractivity contribution >= 4 is 23.2 Å². The number of amides is 2. The van der Waals surface area contributed by atoms with Crippen molar-refractivity contribution in [1.29, 1.82) is 0 Å². The molecule has 0 saturated carbocycles. The minimum Gasteiger partial charge on any atom is -0.352 e. The van der Waals surface area contributed by atoms with Gasteiger partial charge >= 0.3 is 0 Å². The predicted molar refractivity (Wildman–Crippen MR) is 96.0 cm³/mol. The number of nitrogens with zero attached hydrogens (tertiary/aromatic N) is 3. The molecule has 25 heavy (non-hydrogen) atoms. The van der Waals surface area contributed by atoms with Crippen LogP contribution in [-0.4, -0.2) is 33.2 Å². The zero-order valence-electron chi connectivity index (χ0n) is 14.5. The van der Waals surface area contributed by atoms with Gasteiger partial charge in [-0.15, -0.1) is 11.3 Å². The highest BCUT2D eigenvalue weighted by Gasteiger charge is 2.32. The second-order valence-corrected chi connectivity index (χ2v) is 7.27. The summed E-state index contributed by atoms with van der Waals surface area (Å²) < 4.78 is 0. The van der Waals surface area contributed by atoms with E-state index >= 15 is 0 Å². The maximum atomic E-state index is 12.8. The van der Waals surface area contributed by atoms with Crippen LogP contribution in [-0.2, 0) is 22.6 Å². The van der Waals surface area contributed by atoms with Crippen LogP contribution >= 0.6 is 11.3 Å². The minimum atomic E-state index is -0.0939. The van der Waals surface area contributed by atoms with Gasteiger partial charge in [0.1, 0.15) is 5.82 Å². The number of hydrogen-bond donors (Lipinski definition) is 1. The van der Waals surface area contributed by atoms with Crippen LogP contribution in [0.5, 0.6) is 0 Å². The van der Waals surface area contributed by atoms with E-state index in [4.69, 9.17) is 0 Å². The molecule has 1 fully saturated rings. The molecule has 0 aliphatic carbocycles. The van der Waals surface area contributed by atoms with E-state index in [1.54, 1.807) is 17.5 Å². The lowest BCUT2D eigenvalue weighted by molar-refractivity contribution is -0.131. The van der Waals surface area contributed by atoms with Crippen LogP contribution in [0.2, 0.25) is 0 Å². The highest BCUT2D eigenvalue weighted by atomic mass is 32.1. The zero-order valence-corrected chi connectivity index (χ0v) is 15.3. The molecule has 6 nitrogen and oxygen atoms in total. The van der Waals surface area contributed by atoms with Gasteiger partial charge in [0, 0.05) is 36.7 Å². The van der Waals surface area contributed by atoms with Crippen molar-refractivity contribution in [3.8, 4) is 0 Å². The number of aromatic nitrogens is 2. The summed E-state index contributed by atoms with van der Waals surface area (Å²) in [7, 11) is 0. The monoisotopic (exact) mass is 358 g/mol. The summed E-state index contributed by atoms with van der Waals surface area (Å²) in [6.07, 6.45) is 4.04. The minimum absolute atomic E-state index is 0.0436. The van der Waals surface area contributed by atoms with E-state index in [0.717, 1.165) is 35.5 Å². The Labute approximate surface area is 151 Å². The Morgan fingerprint density at radius 2 is 2.28 bits per heavy atom. The maximum absolute atomic E-state index is 12.8. The highest BCUT2D eigenvalue weighted by molar-refractivity contribution is 7.10. The van der Waals surface area contributed by atoms with Crippen LogP contribution in [0.25, 0.3) is 0 Å². The lowest BCUT2D eigenvalue weighted by Gasteiger charge is -2.26. The van der Waals surface area contributed by atoms with Gasteiger partial charge in [-0.2, -0.15) is 0 Å². The molecular weight excluding hydrogens is 336 g/mol. The van der Waals surface area contributed by atoms with Crippen molar-refractivity contribution in [2.24, 2.45) is 0 Å². The molecule has 1 atom stereocenters. The molecule has 0 bridgehead atoms. The van der Waals surface area contributed by atoms with Gasteiger partial charge in [-0.05, 0) is 31.2 Å². The average molecular weight is 358 g/mol. The number of likely N-dealkylation sites (tertiary alicyclic amines) is 1. The standard InChI is InChI=1S/C18H22N4O2S/c1-12-19-10-14(11-20-13(2)23)18(21-12)16-6-3-7-22(16)17(24)9-15-5-4-8-25-15/h4-5,8,10,16H,3,6-7,9,11H2,1-2H3,(H,20,23). The fourth-order valence-electron chi connectivity index (χ4n) is 3.17. The maximum Gasteiger partial charge on any atom is 0.228 e. The molecule has 0 aromatic carbocycles. The number of nitrogens with one attached hydrogen (secondary N) is 1. The molecule has 0 spiro atoms. The fraction of sp³-hybridized carbons (Fsp3) is 0.444. The van der Waals surface area contributed by atoms with E-state index in [1.165, 1.54) is 6.92 Å². The van der Waals surface area contributed by atoms with Crippen LogP contribution in [0.3, 0.4) is 0 Å². The third kappa shape index (κ3) is 4.22. The summed E-state index contributed by atoms with van der Waals surface area (Å²) in [6, 6.07) is 3.91. The number of carbonyl (C=O) groups is 2. The van der Waals surface area contributed by atoms with Gasteiger partial charge in [-0.3, -0.25) is 9.59 Å². The summed E-state index contributed by atoms with van der Waals surface area (Å²) in [5.41, 5.74) is 1.74. The molecule has 1 aliphatic heterocycles. The van der Waals surface area contributed by atoms with E-state index in [1.807, 2.05) is 29.3 Å². The molecule has 2 aromatic rings. The summed E-state index contributed by atoms with van der Waals surface area (Å²) in [5, 5.41) is 4.79. The van der Waals surface area contributed by atoms with Crippen molar-refractivity contribution in [1.82, 2.24) is 20.2 Å². The van der Waals surface area contributed by atoms with Crippen molar-refractivity contribution in [3.05, 3.63) is 45.7 Å². The zero-order chi connectivity index (χ0) is 17.8. The van der Waals surface area contributed by atoms with Crippen LogP contribution < -0.4 is 5.32 Å². The van der Waals surface area contributed by atoms with Crippen LogP contribution in [0.1, 0.15) is 47.8 Å². The number of rotatable bonds is 5. The van der Waals surface area contributed by atoms with E-state index in [0.29, 0.717) is 18.8 Å². The Bertz CT molecular complexity index is 760. The van der Waals surface area contributed by atoms with E-state index in [9.17, 15) is 9.59 Å². The third-order valence-electron chi connectivity index (χ3n) is 4.34. The summed E-state index contributed by atoms with van der Waals surface area (Å²) in [5.74, 6) is 0.717. The first-order chi connectivity index (χ1) is 12.0. The van der Waals surface area contributed by atoms with Crippen molar-refractivity contribution in [2.75, 3.05) is 6.54 Å². The fourth-order valence-corrected chi connectivity index (χ4v) is 3.87. The summed E-state index contributed by atoms with van der Waals surface area (Å²) in [6.45, 7) is 4.46. The van der Waals surface area contributed by atoms with Crippen molar-refractivity contribution < 1.29 is 9.59 Å². The van der Waals surface area contributed by atoms with Crippen LogP contribution in [0.15, 0.2) is 23.7 Å². The number of aryl methyl sites for hydroxylation is 1. The lowest BCUT2D eigenvalue weighted by Crippen LogP contribution is -2.33. The smallest absolute Gasteiger partial charge is 0.228 e. The molecule has 3 heterocycles. The Kier molecular flexibility index (Phi) is 5.43. The molecule has 1 saturated heterocycles. The first kappa shape index (κ1) is 17.5. The normalized spacial score (nSPS) is 16.9. The van der Waals surface area contributed by atoms with Crippen molar-refractivity contribution in [2.45, 2.75) is 45.7 Å². The third-order valence-corrected chi connectivity index (χ3v) is 5.22. The van der Waals surface area contributed by atoms with Crippen LogP contribution in [0.4, 0.5) is 0 Å². The van der Waals surface area contributed by atoms with Gasteiger partial charge in [0.15, 0.2) is 0 Å². The van der Waals surface area contributed by atoms with Gasteiger partial charge in [-0.1, -0.05) is 6.07 Å². The first-order valence-electron chi connectivity index (χ1n) is 8.43. The summed E-state index contributed by atoms with van der Waals surface area (Å²) >= 11 is 1.60. The van der Waals surface area contributed by atoms with Gasteiger partial charge in [0.2, 0.25) is 11.8 Å². The highest BCUT2D eigenvalue weighted by Crippen LogP contribution is 2.33. The molecule has 132 valence electrons. The van der Waals surface area contributed by atoms with Crippen LogP contribution in [0, 0.1) is 6.92 Å². The Morgan fingerprint density at radius 1 is 1.44 bits per heavy atom. The number of carbonyl (C=O) groups excluding carboxylic acids is 2. The Hall–Kier alpha value is -2.28. The molecule has 3 rings (SSSR count). The topological polar surface area (TPSA) is 75.2 Å². The molecule has 0 radical (unpaired) electrons. The second-order valence-electron chi connectivity index (χ2n) is 6.24. The lowest BCUT2D eigenvalue weighted by atomic mass is 10.1.